The predicted octanol–water partition coefficient (Wildman–Crippen LogP) is 4.91. The molecule has 4 nitrogen and oxygen atoms in total. The highest BCUT2D eigenvalue weighted by Crippen LogP contribution is 2.30. The SMILES string of the molecule is CSc1nc(NC(C)c2ccccc2)c(C#N)c(-c2ccccc2)n1. The minimum absolute atomic E-state index is 0.0292. The molecule has 0 aliphatic carbocycles. The summed E-state index contributed by atoms with van der Waals surface area (Å²) in [6.07, 6.45) is 1.93. The van der Waals surface area contributed by atoms with Crippen molar-refractivity contribution >= 4 is 17.6 Å². The topological polar surface area (TPSA) is 61.6 Å². The lowest BCUT2D eigenvalue weighted by atomic mass is 10.1. The third kappa shape index (κ3) is 3.81. The highest BCUT2D eigenvalue weighted by atomic mass is 32.2. The molecule has 0 aliphatic heterocycles. The minimum Gasteiger partial charge on any atom is -0.362 e. The second-order valence-electron chi connectivity index (χ2n) is 5.54. The molecule has 0 radical (unpaired) electrons. The number of nitrogens with zero attached hydrogens (tertiary/aromatic N) is 3. The number of aromatic nitrogens is 2. The maximum absolute atomic E-state index is 9.73. The largest absolute Gasteiger partial charge is 0.362 e. The van der Waals surface area contributed by atoms with Gasteiger partial charge in [0.25, 0.3) is 0 Å². The van der Waals surface area contributed by atoms with Crippen LogP contribution in [0, 0.1) is 11.3 Å². The van der Waals surface area contributed by atoms with Crippen LogP contribution in [0.5, 0.6) is 0 Å². The Morgan fingerprint density at radius 3 is 2.24 bits per heavy atom. The van der Waals surface area contributed by atoms with E-state index < -0.39 is 0 Å². The van der Waals surface area contributed by atoms with E-state index in [-0.39, 0.29) is 6.04 Å². The van der Waals surface area contributed by atoms with Gasteiger partial charge in [0.05, 0.1) is 5.69 Å². The van der Waals surface area contributed by atoms with Gasteiger partial charge in [0, 0.05) is 11.6 Å². The Morgan fingerprint density at radius 1 is 1.00 bits per heavy atom. The van der Waals surface area contributed by atoms with Crippen LogP contribution in [-0.2, 0) is 0 Å². The Hall–Kier alpha value is -2.84. The number of thioether (sulfide) groups is 1. The summed E-state index contributed by atoms with van der Waals surface area (Å²) in [7, 11) is 0. The molecule has 0 saturated carbocycles. The molecule has 124 valence electrons. The third-order valence-electron chi connectivity index (χ3n) is 3.88. The fraction of sp³-hybridized carbons (Fsp3) is 0.150. The van der Waals surface area contributed by atoms with Gasteiger partial charge in [0.2, 0.25) is 0 Å². The molecule has 1 N–H and O–H groups in total. The van der Waals surface area contributed by atoms with Gasteiger partial charge in [-0.15, -0.1) is 0 Å². The molecule has 0 aliphatic rings. The van der Waals surface area contributed by atoms with E-state index in [9.17, 15) is 5.26 Å². The van der Waals surface area contributed by atoms with Gasteiger partial charge in [0.1, 0.15) is 17.5 Å². The molecular formula is C20H18N4S. The van der Waals surface area contributed by atoms with Crippen LogP contribution >= 0.6 is 11.8 Å². The molecule has 0 fully saturated rings. The first-order chi connectivity index (χ1) is 12.2. The van der Waals surface area contributed by atoms with Crippen LogP contribution in [-0.4, -0.2) is 16.2 Å². The van der Waals surface area contributed by atoms with Crippen LogP contribution in [0.1, 0.15) is 24.1 Å². The first kappa shape index (κ1) is 17.0. The standard InChI is InChI=1S/C20H18N4S/c1-14(15-9-5-3-6-10-15)22-19-17(13-21)18(23-20(24-19)25-2)16-11-7-4-8-12-16/h3-12,14H,1-2H3,(H,22,23,24). The molecule has 1 unspecified atom stereocenters. The average molecular weight is 346 g/mol. The smallest absolute Gasteiger partial charge is 0.189 e. The Bertz CT molecular complexity index is 889. The van der Waals surface area contributed by atoms with Crippen molar-refractivity contribution in [3.8, 4) is 17.3 Å². The fourth-order valence-corrected chi connectivity index (χ4v) is 2.94. The Kier molecular flexibility index (Phi) is 5.32. The van der Waals surface area contributed by atoms with Crippen LogP contribution < -0.4 is 5.32 Å². The Balaban J connectivity index is 2.05. The Morgan fingerprint density at radius 2 is 1.64 bits per heavy atom. The summed E-state index contributed by atoms with van der Waals surface area (Å²) in [6.45, 7) is 2.06. The minimum atomic E-state index is 0.0292. The second kappa shape index (κ2) is 7.82. The third-order valence-corrected chi connectivity index (χ3v) is 4.43. The summed E-state index contributed by atoms with van der Waals surface area (Å²) in [5, 5.41) is 13.7. The van der Waals surface area contributed by atoms with Crippen LogP contribution in [0.15, 0.2) is 65.8 Å². The molecular weight excluding hydrogens is 328 g/mol. The van der Waals surface area contributed by atoms with Crippen molar-refractivity contribution < 1.29 is 0 Å². The van der Waals surface area contributed by atoms with Crippen molar-refractivity contribution in [2.24, 2.45) is 0 Å². The molecule has 25 heavy (non-hydrogen) atoms. The maximum Gasteiger partial charge on any atom is 0.189 e. The highest BCUT2D eigenvalue weighted by molar-refractivity contribution is 7.98. The lowest BCUT2D eigenvalue weighted by Crippen LogP contribution is -2.11. The van der Waals surface area contributed by atoms with Crippen LogP contribution in [0.2, 0.25) is 0 Å². The van der Waals surface area contributed by atoms with Gasteiger partial charge in [-0.1, -0.05) is 72.4 Å². The molecule has 1 aromatic heterocycles. The van der Waals surface area contributed by atoms with Crippen molar-refractivity contribution in [3.63, 3.8) is 0 Å². The monoisotopic (exact) mass is 346 g/mol. The van der Waals surface area contributed by atoms with Gasteiger partial charge in [-0.2, -0.15) is 5.26 Å². The zero-order chi connectivity index (χ0) is 17.6. The van der Waals surface area contributed by atoms with E-state index in [1.165, 1.54) is 11.8 Å². The van der Waals surface area contributed by atoms with E-state index in [1.54, 1.807) is 0 Å². The van der Waals surface area contributed by atoms with E-state index in [1.807, 2.05) is 54.8 Å². The molecule has 3 rings (SSSR count). The molecule has 0 spiro atoms. The summed E-state index contributed by atoms with van der Waals surface area (Å²) < 4.78 is 0. The number of nitriles is 1. The summed E-state index contributed by atoms with van der Waals surface area (Å²) in [5.41, 5.74) is 3.17. The van der Waals surface area contributed by atoms with Crippen LogP contribution in [0.25, 0.3) is 11.3 Å². The normalized spacial score (nSPS) is 11.6. The first-order valence-electron chi connectivity index (χ1n) is 7.96. The number of hydrogen-bond donors (Lipinski definition) is 1. The van der Waals surface area contributed by atoms with Crippen LogP contribution in [0.4, 0.5) is 5.82 Å². The summed E-state index contributed by atoms with van der Waals surface area (Å²) in [4.78, 5) is 9.09. The fourth-order valence-electron chi connectivity index (χ4n) is 2.58. The summed E-state index contributed by atoms with van der Waals surface area (Å²) in [6, 6.07) is 22.1. The van der Waals surface area contributed by atoms with Gasteiger partial charge in [-0.25, -0.2) is 9.97 Å². The number of hydrogen-bond acceptors (Lipinski definition) is 5. The van der Waals surface area contributed by atoms with E-state index in [2.05, 4.69) is 40.4 Å². The molecule has 1 atom stereocenters. The predicted molar refractivity (Wildman–Crippen MR) is 102 cm³/mol. The molecule has 0 amide bonds. The van der Waals surface area contributed by atoms with Gasteiger partial charge >= 0.3 is 0 Å². The highest BCUT2D eigenvalue weighted by Gasteiger charge is 2.17. The average Bonchev–Trinajstić information content (AvgIpc) is 2.68. The molecule has 1 heterocycles. The summed E-state index contributed by atoms with van der Waals surface area (Å²) >= 11 is 1.46. The van der Waals surface area contributed by atoms with E-state index in [4.69, 9.17) is 0 Å². The van der Waals surface area contributed by atoms with Gasteiger partial charge in [-0.05, 0) is 18.7 Å². The van der Waals surface area contributed by atoms with E-state index in [0.717, 1.165) is 11.1 Å². The van der Waals surface area contributed by atoms with Crippen molar-refractivity contribution in [2.75, 3.05) is 11.6 Å². The van der Waals surface area contributed by atoms with E-state index in [0.29, 0.717) is 22.2 Å². The first-order valence-corrected chi connectivity index (χ1v) is 9.18. The molecule has 2 aromatic carbocycles. The molecule has 3 aromatic rings. The molecule has 5 heteroatoms. The van der Waals surface area contributed by atoms with Crippen molar-refractivity contribution in [2.45, 2.75) is 18.1 Å². The van der Waals surface area contributed by atoms with Crippen molar-refractivity contribution in [1.82, 2.24) is 9.97 Å². The number of anilines is 1. The lowest BCUT2D eigenvalue weighted by molar-refractivity contribution is 0.854. The van der Waals surface area contributed by atoms with Crippen LogP contribution in [0.3, 0.4) is 0 Å². The Labute approximate surface area is 152 Å². The zero-order valence-electron chi connectivity index (χ0n) is 14.1. The molecule has 0 saturated heterocycles. The van der Waals surface area contributed by atoms with Gasteiger partial charge in [-0.3, -0.25) is 0 Å². The zero-order valence-corrected chi connectivity index (χ0v) is 14.9. The summed E-state index contributed by atoms with van der Waals surface area (Å²) in [5.74, 6) is 0.567. The quantitative estimate of drug-likeness (QED) is 0.525. The van der Waals surface area contributed by atoms with Gasteiger partial charge in [0.15, 0.2) is 5.16 Å². The lowest BCUT2D eigenvalue weighted by Gasteiger charge is -2.17. The van der Waals surface area contributed by atoms with Gasteiger partial charge < -0.3 is 5.32 Å². The van der Waals surface area contributed by atoms with Crippen molar-refractivity contribution in [1.29, 1.82) is 5.26 Å². The number of benzene rings is 2. The number of rotatable bonds is 5. The van der Waals surface area contributed by atoms with E-state index >= 15 is 0 Å². The van der Waals surface area contributed by atoms with Crippen molar-refractivity contribution in [3.05, 3.63) is 71.8 Å². The maximum atomic E-state index is 9.73. The molecule has 0 bridgehead atoms. The number of nitrogens with one attached hydrogen (secondary N) is 1. The second-order valence-corrected chi connectivity index (χ2v) is 6.31.